The number of halogens is 1. The Kier molecular flexibility index (Phi) is 6.88. The first-order chi connectivity index (χ1) is 8.63. The normalized spacial score (nSPS) is 14.4. The lowest BCUT2D eigenvalue weighted by Gasteiger charge is -2.19. The van der Waals surface area contributed by atoms with Crippen molar-refractivity contribution in [2.75, 3.05) is 0 Å². The van der Waals surface area contributed by atoms with Gasteiger partial charge in [-0.15, -0.1) is 0 Å². The Morgan fingerprint density at radius 2 is 2.00 bits per heavy atom. The average Bonchev–Trinajstić information content (AvgIpc) is 2.35. The molecule has 18 heavy (non-hydrogen) atoms. The van der Waals surface area contributed by atoms with Gasteiger partial charge in [0.2, 0.25) is 0 Å². The van der Waals surface area contributed by atoms with Crippen molar-refractivity contribution in [3.8, 4) is 0 Å². The maximum atomic E-state index is 12.8. The highest BCUT2D eigenvalue weighted by Gasteiger charge is 2.10. The monoisotopic (exact) mass is 252 g/mol. The zero-order chi connectivity index (χ0) is 13.4. The van der Waals surface area contributed by atoms with E-state index in [-0.39, 0.29) is 11.9 Å². The topological polar surface area (TPSA) is 24.9 Å². The summed E-state index contributed by atoms with van der Waals surface area (Å²) in [7, 11) is 0. The molecule has 0 spiro atoms. The zero-order valence-corrected chi connectivity index (χ0v) is 11.7. The van der Waals surface area contributed by atoms with Crippen molar-refractivity contribution in [3.63, 3.8) is 0 Å². The second-order valence-electron chi connectivity index (χ2n) is 5.04. The highest BCUT2D eigenvalue weighted by Crippen LogP contribution is 2.13. The van der Waals surface area contributed by atoms with Crippen LogP contribution in [0.1, 0.15) is 64.6 Å². The van der Waals surface area contributed by atoms with Gasteiger partial charge >= 0.3 is 0 Å². The minimum absolute atomic E-state index is 0.173. The predicted molar refractivity (Wildman–Crippen MR) is 74.0 cm³/mol. The lowest BCUT2D eigenvalue weighted by atomic mass is 10.1. The Morgan fingerprint density at radius 1 is 1.22 bits per heavy atom. The first kappa shape index (κ1) is 15.1. The van der Waals surface area contributed by atoms with E-state index in [0.29, 0.717) is 6.04 Å². The lowest BCUT2D eigenvalue weighted by Crippen LogP contribution is -2.29. The van der Waals surface area contributed by atoms with E-state index in [0.717, 1.165) is 5.69 Å². The molecule has 1 aromatic heterocycles. The van der Waals surface area contributed by atoms with Crippen LogP contribution in [0.3, 0.4) is 0 Å². The van der Waals surface area contributed by atoms with Crippen molar-refractivity contribution in [1.29, 1.82) is 0 Å². The summed E-state index contributed by atoms with van der Waals surface area (Å²) in [5.41, 5.74) is 0.900. The van der Waals surface area contributed by atoms with Crippen molar-refractivity contribution in [2.45, 2.75) is 65.0 Å². The number of aromatic nitrogens is 1. The van der Waals surface area contributed by atoms with E-state index in [4.69, 9.17) is 0 Å². The van der Waals surface area contributed by atoms with Gasteiger partial charge in [-0.1, -0.05) is 32.6 Å². The fraction of sp³-hybridized carbons (Fsp3) is 0.667. The van der Waals surface area contributed by atoms with Crippen LogP contribution in [0, 0.1) is 5.82 Å². The highest BCUT2D eigenvalue weighted by atomic mass is 19.1. The molecule has 0 aliphatic carbocycles. The molecule has 3 heteroatoms. The molecule has 0 radical (unpaired) electrons. The van der Waals surface area contributed by atoms with Crippen LogP contribution in [0.5, 0.6) is 0 Å². The third-order valence-electron chi connectivity index (χ3n) is 3.22. The van der Waals surface area contributed by atoms with Crippen molar-refractivity contribution < 1.29 is 4.39 Å². The van der Waals surface area contributed by atoms with E-state index < -0.39 is 0 Å². The lowest BCUT2D eigenvalue weighted by molar-refractivity contribution is 0.432. The molecule has 1 aromatic rings. The molecule has 2 nitrogen and oxygen atoms in total. The van der Waals surface area contributed by atoms with Gasteiger partial charge in [0.25, 0.3) is 0 Å². The van der Waals surface area contributed by atoms with E-state index in [1.54, 1.807) is 6.07 Å². The van der Waals surface area contributed by atoms with E-state index in [1.807, 2.05) is 0 Å². The fourth-order valence-electron chi connectivity index (χ4n) is 2.12. The third-order valence-corrected chi connectivity index (χ3v) is 3.22. The summed E-state index contributed by atoms with van der Waals surface area (Å²) in [5.74, 6) is -0.279. The summed E-state index contributed by atoms with van der Waals surface area (Å²) < 4.78 is 12.8. The predicted octanol–water partition coefficient (Wildman–Crippen LogP) is 4.23. The Labute approximate surface area is 110 Å². The summed E-state index contributed by atoms with van der Waals surface area (Å²) in [6.07, 6.45) is 7.64. The van der Waals surface area contributed by atoms with Gasteiger partial charge in [0, 0.05) is 12.1 Å². The number of hydrogen-bond donors (Lipinski definition) is 1. The van der Waals surface area contributed by atoms with E-state index in [1.165, 1.54) is 44.4 Å². The molecule has 2 unspecified atom stereocenters. The summed E-state index contributed by atoms with van der Waals surface area (Å²) in [6, 6.07) is 3.86. The molecule has 0 bridgehead atoms. The van der Waals surface area contributed by atoms with Crippen molar-refractivity contribution in [1.82, 2.24) is 10.3 Å². The molecule has 0 saturated carbocycles. The average molecular weight is 252 g/mol. The number of unbranched alkanes of at least 4 members (excludes halogenated alkanes) is 3. The minimum atomic E-state index is -0.279. The summed E-state index contributed by atoms with van der Waals surface area (Å²) in [6.45, 7) is 6.50. The van der Waals surface area contributed by atoms with Crippen molar-refractivity contribution >= 4 is 0 Å². The third kappa shape index (κ3) is 5.58. The van der Waals surface area contributed by atoms with Gasteiger partial charge in [-0.2, -0.15) is 0 Å². The number of hydrogen-bond acceptors (Lipinski definition) is 2. The van der Waals surface area contributed by atoms with Gasteiger partial charge in [0.15, 0.2) is 0 Å². The maximum Gasteiger partial charge on any atom is 0.141 e. The van der Waals surface area contributed by atoms with Crippen LogP contribution in [0.15, 0.2) is 18.3 Å². The molecule has 0 aliphatic rings. The zero-order valence-electron chi connectivity index (χ0n) is 11.7. The Hall–Kier alpha value is -0.960. The quantitative estimate of drug-likeness (QED) is 0.700. The summed E-state index contributed by atoms with van der Waals surface area (Å²) in [5, 5.41) is 3.51. The second kappa shape index (κ2) is 8.20. The molecule has 2 atom stereocenters. The molecule has 1 N–H and O–H groups in total. The molecule has 102 valence electrons. The Bertz CT molecular complexity index is 324. The summed E-state index contributed by atoms with van der Waals surface area (Å²) >= 11 is 0. The molecular weight excluding hydrogens is 227 g/mol. The van der Waals surface area contributed by atoms with Gasteiger partial charge in [-0.05, 0) is 32.4 Å². The van der Waals surface area contributed by atoms with Gasteiger partial charge < -0.3 is 5.32 Å². The first-order valence-electron chi connectivity index (χ1n) is 7.01. The number of pyridine rings is 1. The number of nitrogens with zero attached hydrogens (tertiary/aromatic N) is 1. The van der Waals surface area contributed by atoms with Crippen LogP contribution >= 0.6 is 0 Å². The highest BCUT2D eigenvalue weighted by molar-refractivity contribution is 5.09. The standard InChI is InChI=1S/C15H25FN2/c1-4-5-6-7-8-12(2)18-13(3)15-10-9-14(16)11-17-15/h9-13,18H,4-8H2,1-3H3. The van der Waals surface area contributed by atoms with Crippen LogP contribution < -0.4 is 5.32 Å². The van der Waals surface area contributed by atoms with E-state index in [2.05, 4.69) is 31.1 Å². The van der Waals surface area contributed by atoms with Gasteiger partial charge in [-0.25, -0.2) is 4.39 Å². The molecule has 1 heterocycles. The molecule has 0 fully saturated rings. The van der Waals surface area contributed by atoms with Crippen molar-refractivity contribution in [2.24, 2.45) is 0 Å². The van der Waals surface area contributed by atoms with E-state index >= 15 is 0 Å². The number of nitrogens with one attached hydrogen (secondary N) is 1. The maximum absolute atomic E-state index is 12.8. The molecule has 0 aromatic carbocycles. The molecule has 0 saturated heterocycles. The van der Waals surface area contributed by atoms with Crippen molar-refractivity contribution in [3.05, 3.63) is 29.8 Å². The smallest absolute Gasteiger partial charge is 0.141 e. The molecular formula is C15H25FN2. The van der Waals surface area contributed by atoms with Crippen LogP contribution in [0.25, 0.3) is 0 Å². The number of rotatable bonds is 8. The van der Waals surface area contributed by atoms with Crippen LogP contribution in [-0.2, 0) is 0 Å². The SMILES string of the molecule is CCCCCCC(C)NC(C)c1ccc(F)cn1. The van der Waals surface area contributed by atoms with Crippen LogP contribution in [0.2, 0.25) is 0 Å². The molecule has 0 aliphatic heterocycles. The minimum Gasteiger partial charge on any atom is -0.306 e. The Balaban J connectivity index is 2.30. The van der Waals surface area contributed by atoms with Gasteiger partial charge in [-0.3, -0.25) is 4.98 Å². The Morgan fingerprint density at radius 3 is 2.61 bits per heavy atom. The van der Waals surface area contributed by atoms with Crippen LogP contribution in [-0.4, -0.2) is 11.0 Å². The fourth-order valence-corrected chi connectivity index (χ4v) is 2.12. The van der Waals surface area contributed by atoms with Crippen LogP contribution in [0.4, 0.5) is 4.39 Å². The van der Waals surface area contributed by atoms with E-state index in [9.17, 15) is 4.39 Å². The summed E-state index contributed by atoms with van der Waals surface area (Å²) in [4.78, 5) is 4.10. The van der Waals surface area contributed by atoms with Gasteiger partial charge in [0.05, 0.1) is 11.9 Å². The molecule has 1 rings (SSSR count). The largest absolute Gasteiger partial charge is 0.306 e. The van der Waals surface area contributed by atoms with Gasteiger partial charge in [0.1, 0.15) is 5.82 Å². The first-order valence-corrected chi connectivity index (χ1v) is 7.01. The second-order valence-corrected chi connectivity index (χ2v) is 5.04. The molecule has 0 amide bonds.